The number of H-pyrrole nitrogens is 1. The van der Waals surface area contributed by atoms with E-state index < -0.39 is 11.5 Å². The van der Waals surface area contributed by atoms with Gasteiger partial charge < -0.3 is 14.7 Å². The first-order valence-corrected chi connectivity index (χ1v) is 9.11. The number of fused-ring (bicyclic) bond motifs is 1. The van der Waals surface area contributed by atoms with Crippen molar-refractivity contribution < 1.29 is 9.21 Å². The SMILES string of the molecule is Cc1cccc(-c2ccc(C(=O)N[C@H](C)c3cc4ccccc4o3)c(=O)[nH]2)c1. The summed E-state index contributed by atoms with van der Waals surface area (Å²) in [5.74, 6) is 0.201. The standard InChI is InChI=1S/C23H20N2O3/c1-14-6-5-8-16(12-14)19-11-10-18(23(27)25-19)22(26)24-15(2)21-13-17-7-3-4-9-20(17)28-21/h3-13,15H,1-2H3,(H,24,26)(H,25,27)/t15-/m1/s1. The summed E-state index contributed by atoms with van der Waals surface area (Å²) in [6.07, 6.45) is 0. The predicted molar refractivity (Wildman–Crippen MR) is 109 cm³/mol. The number of rotatable bonds is 4. The van der Waals surface area contributed by atoms with Crippen LogP contribution in [-0.2, 0) is 0 Å². The topological polar surface area (TPSA) is 75.1 Å². The number of pyridine rings is 1. The molecule has 0 radical (unpaired) electrons. The third-order valence-electron chi connectivity index (χ3n) is 4.70. The molecule has 5 heteroatoms. The van der Waals surface area contributed by atoms with E-state index >= 15 is 0 Å². The number of furan rings is 1. The van der Waals surface area contributed by atoms with Crippen molar-refractivity contribution in [1.29, 1.82) is 0 Å². The average Bonchev–Trinajstić information content (AvgIpc) is 3.12. The molecule has 0 aliphatic carbocycles. The highest BCUT2D eigenvalue weighted by Crippen LogP contribution is 2.24. The minimum atomic E-state index is -0.440. The summed E-state index contributed by atoms with van der Waals surface area (Å²) < 4.78 is 5.78. The molecule has 140 valence electrons. The number of carbonyl (C=O) groups excluding carboxylic acids is 1. The van der Waals surface area contributed by atoms with Gasteiger partial charge in [0.1, 0.15) is 16.9 Å². The van der Waals surface area contributed by atoms with Crippen LogP contribution < -0.4 is 10.9 Å². The Morgan fingerprint density at radius 2 is 1.86 bits per heavy atom. The van der Waals surface area contributed by atoms with Crippen molar-refractivity contribution in [2.75, 3.05) is 0 Å². The van der Waals surface area contributed by atoms with E-state index in [1.54, 1.807) is 12.1 Å². The molecule has 5 nitrogen and oxygen atoms in total. The van der Waals surface area contributed by atoms with Crippen molar-refractivity contribution in [1.82, 2.24) is 10.3 Å². The summed E-state index contributed by atoms with van der Waals surface area (Å²) in [6.45, 7) is 3.81. The summed E-state index contributed by atoms with van der Waals surface area (Å²) in [6, 6.07) is 20.3. The van der Waals surface area contributed by atoms with E-state index in [1.165, 1.54) is 0 Å². The molecule has 0 saturated carbocycles. The first kappa shape index (κ1) is 17.8. The fourth-order valence-electron chi connectivity index (χ4n) is 3.19. The molecule has 0 fully saturated rings. The highest BCUT2D eigenvalue weighted by molar-refractivity contribution is 5.94. The van der Waals surface area contributed by atoms with Crippen molar-refractivity contribution in [2.24, 2.45) is 0 Å². The van der Waals surface area contributed by atoms with Gasteiger partial charge in [-0.1, -0.05) is 42.0 Å². The van der Waals surface area contributed by atoms with Gasteiger partial charge in [0.2, 0.25) is 0 Å². The number of para-hydroxylation sites is 1. The number of amides is 1. The molecule has 1 amide bonds. The molecule has 1 atom stereocenters. The summed E-state index contributed by atoms with van der Waals surface area (Å²) in [4.78, 5) is 27.8. The maximum absolute atomic E-state index is 12.6. The Balaban J connectivity index is 1.55. The van der Waals surface area contributed by atoms with Gasteiger partial charge in [-0.2, -0.15) is 0 Å². The Hall–Kier alpha value is -3.60. The largest absolute Gasteiger partial charge is 0.459 e. The molecule has 28 heavy (non-hydrogen) atoms. The Bertz CT molecular complexity index is 1190. The quantitative estimate of drug-likeness (QED) is 0.550. The minimum absolute atomic E-state index is 0.0689. The highest BCUT2D eigenvalue weighted by Gasteiger charge is 2.17. The molecule has 0 saturated heterocycles. The molecule has 0 bridgehead atoms. The Morgan fingerprint density at radius 3 is 2.61 bits per heavy atom. The zero-order chi connectivity index (χ0) is 19.7. The molecule has 2 heterocycles. The van der Waals surface area contributed by atoms with E-state index in [2.05, 4.69) is 10.3 Å². The van der Waals surface area contributed by atoms with E-state index in [0.717, 1.165) is 22.1 Å². The third kappa shape index (κ3) is 3.47. The maximum atomic E-state index is 12.6. The molecule has 0 unspecified atom stereocenters. The Kier molecular flexibility index (Phi) is 4.57. The van der Waals surface area contributed by atoms with Crippen LogP contribution >= 0.6 is 0 Å². The summed E-state index contributed by atoms with van der Waals surface area (Å²) in [7, 11) is 0. The normalized spacial score (nSPS) is 12.1. The number of benzene rings is 2. The van der Waals surface area contributed by atoms with E-state index in [4.69, 9.17) is 4.42 Å². The van der Waals surface area contributed by atoms with Crippen LogP contribution in [0.4, 0.5) is 0 Å². The lowest BCUT2D eigenvalue weighted by molar-refractivity contribution is 0.0934. The van der Waals surface area contributed by atoms with Crippen LogP contribution in [0, 0.1) is 6.92 Å². The molecule has 2 aromatic carbocycles. The van der Waals surface area contributed by atoms with E-state index in [9.17, 15) is 9.59 Å². The molecular formula is C23H20N2O3. The second-order valence-corrected chi connectivity index (χ2v) is 6.87. The summed E-state index contributed by atoms with van der Waals surface area (Å²) in [5.41, 5.74) is 3.08. The van der Waals surface area contributed by atoms with Gasteiger partial charge in [0, 0.05) is 11.1 Å². The summed E-state index contributed by atoms with van der Waals surface area (Å²) in [5, 5.41) is 3.80. The van der Waals surface area contributed by atoms with Crippen LogP contribution in [0.25, 0.3) is 22.2 Å². The predicted octanol–water partition coefficient (Wildman–Crippen LogP) is 4.59. The van der Waals surface area contributed by atoms with Crippen molar-refractivity contribution in [3.05, 3.63) is 94.0 Å². The lowest BCUT2D eigenvalue weighted by Gasteiger charge is -2.11. The Labute approximate surface area is 162 Å². The van der Waals surface area contributed by atoms with E-state index in [0.29, 0.717) is 11.5 Å². The van der Waals surface area contributed by atoms with Crippen molar-refractivity contribution in [3.8, 4) is 11.3 Å². The molecule has 0 aliphatic rings. The van der Waals surface area contributed by atoms with Crippen molar-refractivity contribution in [3.63, 3.8) is 0 Å². The second kappa shape index (κ2) is 7.19. The van der Waals surface area contributed by atoms with Crippen LogP contribution in [0.1, 0.15) is 34.6 Å². The van der Waals surface area contributed by atoms with Crippen LogP contribution in [0.3, 0.4) is 0 Å². The number of aromatic nitrogens is 1. The first-order chi connectivity index (χ1) is 13.5. The first-order valence-electron chi connectivity index (χ1n) is 9.11. The molecule has 2 aromatic heterocycles. The van der Waals surface area contributed by atoms with Gasteiger partial charge in [0.25, 0.3) is 11.5 Å². The Morgan fingerprint density at radius 1 is 1.04 bits per heavy atom. The molecule has 4 aromatic rings. The number of aryl methyl sites for hydroxylation is 1. The molecule has 0 spiro atoms. The average molecular weight is 372 g/mol. The van der Waals surface area contributed by atoms with Gasteiger partial charge in [0.15, 0.2) is 0 Å². The highest BCUT2D eigenvalue weighted by atomic mass is 16.3. The lowest BCUT2D eigenvalue weighted by Crippen LogP contribution is -2.31. The third-order valence-corrected chi connectivity index (χ3v) is 4.70. The minimum Gasteiger partial charge on any atom is -0.459 e. The van der Waals surface area contributed by atoms with Crippen LogP contribution in [0.15, 0.2) is 75.9 Å². The van der Waals surface area contributed by atoms with Gasteiger partial charge in [-0.25, -0.2) is 0 Å². The lowest BCUT2D eigenvalue weighted by atomic mass is 10.1. The number of carbonyl (C=O) groups is 1. The fraction of sp³-hybridized carbons (Fsp3) is 0.130. The zero-order valence-electron chi connectivity index (χ0n) is 15.7. The van der Waals surface area contributed by atoms with Crippen LogP contribution in [0.5, 0.6) is 0 Å². The zero-order valence-corrected chi connectivity index (χ0v) is 15.7. The molecule has 2 N–H and O–H groups in total. The van der Waals surface area contributed by atoms with Gasteiger partial charge in [0.05, 0.1) is 6.04 Å². The van der Waals surface area contributed by atoms with E-state index in [1.807, 2.05) is 68.4 Å². The van der Waals surface area contributed by atoms with Gasteiger partial charge >= 0.3 is 0 Å². The number of hydrogen-bond donors (Lipinski definition) is 2. The van der Waals surface area contributed by atoms with Crippen molar-refractivity contribution in [2.45, 2.75) is 19.9 Å². The van der Waals surface area contributed by atoms with Crippen LogP contribution in [-0.4, -0.2) is 10.9 Å². The smallest absolute Gasteiger partial charge is 0.261 e. The maximum Gasteiger partial charge on any atom is 0.261 e. The van der Waals surface area contributed by atoms with Gasteiger partial charge in [-0.3, -0.25) is 9.59 Å². The van der Waals surface area contributed by atoms with Gasteiger partial charge in [-0.15, -0.1) is 0 Å². The van der Waals surface area contributed by atoms with E-state index in [-0.39, 0.29) is 11.6 Å². The summed E-state index contributed by atoms with van der Waals surface area (Å²) >= 11 is 0. The van der Waals surface area contributed by atoms with Gasteiger partial charge in [-0.05, 0) is 49.7 Å². The van der Waals surface area contributed by atoms with Crippen molar-refractivity contribution >= 4 is 16.9 Å². The number of nitrogens with one attached hydrogen (secondary N) is 2. The molecule has 0 aliphatic heterocycles. The number of aromatic amines is 1. The second-order valence-electron chi connectivity index (χ2n) is 6.87. The monoisotopic (exact) mass is 372 g/mol. The molecular weight excluding hydrogens is 352 g/mol. The molecule has 4 rings (SSSR count). The fourth-order valence-corrected chi connectivity index (χ4v) is 3.19. The number of hydrogen-bond acceptors (Lipinski definition) is 3. The van der Waals surface area contributed by atoms with Crippen LogP contribution in [0.2, 0.25) is 0 Å².